The van der Waals surface area contributed by atoms with Crippen molar-refractivity contribution in [3.63, 3.8) is 0 Å². The number of rotatable bonds is 2. The van der Waals surface area contributed by atoms with Gasteiger partial charge in [-0.05, 0) is 34.1 Å². The van der Waals surface area contributed by atoms with Crippen molar-refractivity contribution in [2.24, 2.45) is 0 Å². The van der Waals surface area contributed by atoms with E-state index in [0.717, 1.165) is 39.3 Å². The Labute approximate surface area is 157 Å². The summed E-state index contributed by atoms with van der Waals surface area (Å²) in [5, 5.41) is 17.7. The van der Waals surface area contributed by atoms with Crippen molar-refractivity contribution in [1.82, 2.24) is 0 Å². The number of ether oxygens (including phenoxy) is 2. The van der Waals surface area contributed by atoms with E-state index in [4.69, 9.17) is 20.0 Å². The number of fused-ring (bicyclic) bond motifs is 2. The fourth-order valence-corrected chi connectivity index (χ4v) is 6.49. The summed E-state index contributed by atoms with van der Waals surface area (Å²) in [6.45, 7) is 1.13. The van der Waals surface area contributed by atoms with Crippen molar-refractivity contribution in [2.45, 2.75) is 0 Å². The van der Waals surface area contributed by atoms with Gasteiger partial charge in [-0.15, -0.1) is 34.0 Å². The Kier molecular flexibility index (Phi) is 4.07. The highest BCUT2D eigenvalue weighted by Gasteiger charge is 2.25. The molecule has 1 aliphatic rings. The van der Waals surface area contributed by atoms with Crippen LogP contribution in [0.3, 0.4) is 0 Å². The van der Waals surface area contributed by atoms with Crippen LogP contribution in [-0.2, 0) is 0 Å². The van der Waals surface area contributed by atoms with Crippen LogP contribution in [0, 0.1) is 22.7 Å². The molecule has 0 aliphatic carbocycles. The lowest BCUT2D eigenvalue weighted by atomic mass is 10.3. The fraction of sp³-hybridized carbons (Fsp3) is 0.125. The Morgan fingerprint density at radius 1 is 1.04 bits per heavy atom. The van der Waals surface area contributed by atoms with Crippen molar-refractivity contribution in [1.29, 1.82) is 10.5 Å². The highest BCUT2D eigenvalue weighted by Crippen LogP contribution is 2.54. The molecule has 0 saturated heterocycles. The van der Waals surface area contributed by atoms with E-state index in [1.807, 2.05) is 18.2 Å². The third-order valence-electron chi connectivity index (χ3n) is 3.34. The van der Waals surface area contributed by atoms with Crippen molar-refractivity contribution < 1.29 is 9.47 Å². The van der Waals surface area contributed by atoms with Gasteiger partial charge in [-0.25, -0.2) is 0 Å². The first kappa shape index (κ1) is 15.7. The molecule has 0 N–H and O–H groups in total. The zero-order valence-corrected chi connectivity index (χ0v) is 16.0. The lowest BCUT2D eigenvalue weighted by molar-refractivity contribution is 0.173. The monoisotopic (exact) mass is 434 g/mol. The summed E-state index contributed by atoms with van der Waals surface area (Å²) in [5.74, 6) is 1.60. The van der Waals surface area contributed by atoms with Crippen LogP contribution in [0.4, 0.5) is 0 Å². The van der Waals surface area contributed by atoms with Gasteiger partial charge in [0.2, 0.25) is 0 Å². The van der Waals surface area contributed by atoms with E-state index in [-0.39, 0.29) is 5.57 Å². The van der Waals surface area contributed by atoms with E-state index in [9.17, 15) is 0 Å². The average molecular weight is 435 g/mol. The molecule has 24 heavy (non-hydrogen) atoms. The first-order valence-electron chi connectivity index (χ1n) is 6.83. The summed E-state index contributed by atoms with van der Waals surface area (Å²) in [5.41, 5.74) is 0.117. The van der Waals surface area contributed by atoms with Crippen LogP contribution in [0.5, 0.6) is 11.5 Å². The SMILES string of the molecule is N#CC(C#N)=Cc1cc2sc(-c3sc(Br)c4c3OCCO4)cc2s1. The minimum atomic E-state index is 0.117. The Balaban J connectivity index is 1.75. The summed E-state index contributed by atoms with van der Waals surface area (Å²) in [4.78, 5) is 3.11. The molecule has 0 radical (unpaired) electrons. The zero-order valence-electron chi connectivity index (χ0n) is 12.0. The molecule has 0 unspecified atom stereocenters. The third kappa shape index (κ3) is 2.62. The standard InChI is InChI=1S/C16H7BrN2O2S3/c17-16-14-13(20-1-2-21-14)15(24-16)12-5-11-10(23-12)4-9(22-11)3-8(6-18)7-19/h3-5H,1-2H2. The normalized spacial score (nSPS) is 12.6. The second kappa shape index (κ2) is 6.23. The van der Waals surface area contributed by atoms with Crippen LogP contribution < -0.4 is 9.47 Å². The molecule has 3 aromatic rings. The number of nitriles is 2. The smallest absolute Gasteiger partial charge is 0.187 e. The third-order valence-corrected chi connectivity index (χ3v) is 7.54. The van der Waals surface area contributed by atoms with Crippen LogP contribution >= 0.6 is 49.9 Å². The second-order valence-electron chi connectivity index (χ2n) is 4.83. The Bertz CT molecular complexity index is 1010. The molecular weight excluding hydrogens is 428 g/mol. The van der Waals surface area contributed by atoms with Crippen molar-refractivity contribution in [3.05, 3.63) is 26.4 Å². The molecule has 0 bridgehead atoms. The fourth-order valence-electron chi connectivity index (χ4n) is 2.35. The largest absolute Gasteiger partial charge is 0.485 e. The van der Waals surface area contributed by atoms with Gasteiger partial charge in [-0.1, -0.05) is 0 Å². The Hall–Kier alpha value is -1.84. The topological polar surface area (TPSA) is 66.0 Å². The molecule has 0 atom stereocenters. The lowest BCUT2D eigenvalue weighted by Crippen LogP contribution is -2.14. The molecule has 0 aromatic carbocycles. The number of hydrogen-bond donors (Lipinski definition) is 0. The molecular formula is C16H7BrN2O2S3. The van der Waals surface area contributed by atoms with Gasteiger partial charge < -0.3 is 9.47 Å². The van der Waals surface area contributed by atoms with E-state index in [1.54, 1.807) is 40.1 Å². The van der Waals surface area contributed by atoms with Gasteiger partial charge in [0.1, 0.15) is 34.7 Å². The van der Waals surface area contributed by atoms with Crippen LogP contribution in [0.25, 0.3) is 25.2 Å². The summed E-state index contributed by atoms with van der Waals surface area (Å²) in [6, 6.07) is 7.91. The maximum Gasteiger partial charge on any atom is 0.187 e. The van der Waals surface area contributed by atoms with E-state index in [2.05, 4.69) is 22.0 Å². The van der Waals surface area contributed by atoms with Crippen LogP contribution in [0.2, 0.25) is 0 Å². The van der Waals surface area contributed by atoms with Gasteiger partial charge >= 0.3 is 0 Å². The summed E-state index contributed by atoms with van der Waals surface area (Å²) in [6.07, 6.45) is 1.62. The maximum atomic E-state index is 8.86. The minimum absolute atomic E-state index is 0.117. The van der Waals surface area contributed by atoms with Gasteiger partial charge in [-0.2, -0.15) is 10.5 Å². The highest BCUT2D eigenvalue weighted by molar-refractivity contribution is 9.11. The molecule has 0 spiro atoms. The maximum absolute atomic E-state index is 8.86. The molecule has 3 aromatic heterocycles. The van der Waals surface area contributed by atoms with E-state index in [0.29, 0.717) is 13.2 Å². The van der Waals surface area contributed by atoms with Crippen molar-refractivity contribution in [3.8, 4) is 33.4 Å². The molecule has 0 fully saturated rings. The minimum Gasteiger partial charge on any atom is -0.485 e. The summed E-state index contributed by atoms with van der Waals surface area (Å²) < 4.78 is 14.7. The predicted molar refractivity (Wildman–Crippen MR) is 101 cm³/mol. The summed E-state index contributed by atoms with van der Waals surface area (Å²) >= 11 is 8.39. The number of allylic oxidation sites excluding steroid dienone is 1. The lowest BCUT2D eigenvalue weighted by Gasteiger charge is -2.16. The number of thiophene rings is 3. The van der Waals surface area contributed by atoms with E-state index in [1.165, 1.54) is 0 Å². The van der Waals surface area contributed by atoms with Crippen molar-refractivity contribution >= 4 is 65.4 Å². The average Bonchev–Trinajstić information content (AvgIpc) is 3.24. The number of hydrogen-bond acceptors (Lipinski definition) is 7. The van der Waals surface area contributed by atoms with Gasteiger partial charge in [0.25, 0.3) is 0 Å². The molecule has 4 nitrogen and oxygen atoms in total. The molecule has 4 rings (SSSR count). The quantitative estimate of drug-likeness (QED) is 0.488. The van der Waals surface area contributed by atoms with Gasteiger partial charge in [-0.3, -0.25) is 0 Å². The predicted octanol–water partition coefficient (Wildman–Crippen LogP) is 5.66. The molecule has 118 valence electrons. The van der Waals surface area contributed by atoms with Crippen LogP contribution in [0.15, 0.2) is 21.5 Å². The first-order valence-corrected chi connectivity index (χ1v) is 10.1. The van der Waals surface area contributed by atoms with Crippen LogP contribution in [0.1, 0.15) is 4.88 Å². The summed E-state index contributed by atoms with van der Waals surface area (Å²) in [7, 11) is 0. The zero-order chi connectivity index (χ0) is 16.7. The van der Waals surface area contributed by atoms with E-state index < -0.39 is 0 Å². The van der Waals surface area contributed by atoms with Crippen molar-refractivity contribution in [2.75, 3.05) is 13.2 Å². The molecule has 4 heterocycles. The Morgan fingerprint density at radius 3 is 2.46 bits per heavy atom. The molecule has 0 saturated carbocycles. The second-order valence-corrected chi connectivity index (χ2v) is 9.37. The van der Waals surface area contributed by atoms with Gasteiger partial charge in [0, 0.05) is 14.3 Å². The van der Waals surface area contributed by atoms with Gasteiger partial charge in [0.15, 0.2) is 11.5 Å². The first-order chi connectivity index (χ1) is 11.7. The number of halogens is 1. The van der Waals surface area contributed by atoms with Gasteiger partial charge in [0.05, 0.1) is 9.75 Å². The van der Waals surface area contributed by atoms with Crippen LogP contribution in [-0.4, -0.2) is 13.2 Å². The Morgan fingerprint density at radius 2 is 1.75 bits per heavy atom. The molecule has 1 aliphatic heterocycles. The molecule has 0 amide bonds. The highest BCUT2D eigenvalue weighted by atomic mass is 79.9. The number of nitrogens with zero attached hydrogens (tertiary/aromatic N) is 2. The molecule has 8 heteroatoms. The van der Waals surface area contributed by atoms with E-state index >= 15 is 0 Å².